The van der Waals surface area contributed by atoms with Crippen LogP contribution in [0.1, 0.15) is 44.3 Å². The fraction of sp³-hybridized carbons (Fsp3) is 0.500. The molecule has 0 radical (unpaired) electrons. The van der Waals surface area contributed by atoms with E-state index in [2.05, 4.69) is 35.4 Å². The topological polar surface area (TPSA) is 59.8 Å². The average Bonchev–Trinajstić information content (AvgIpc) is 3.15. The van der Waals surface area contributed by atoms with Gasteiger partial charge in [-0.2, -0.15) is 0 Å². The largest absolute Gasteiger partial charge is 0.363 e. The van der Waals surface area contributed by atoms with Gasteiger partial charge in [-0.1, -0.05) is 25.2 Å². The summed E-state index contributed by atoms with van der Waals surface area (Å²) in [6, 6.07) is 4.31. The third-order valence-electron chi connectivity index (χ3n) is 3.52. The second-order valence-electron chi connectivity index (χ2n) is 5.40. The van der Waals surface area contributed by atoms with E-state index in [1.807, 2.05) is 10.6 Å². The molecule has 0 spiro atoms. The highest BCUT2D eigenvalue weighted by Crippen LogP contribution is 2.37. The van der Waals surface area contributed by atoms with Crippen molar-refractivity contribution in [2.75, 3.05) is 12.4 Å². The lowest BCUT2D eigenvalue weighted by atomic mass is 10.1. The monoisotopic (exact) mass is 290 g/mol. The van der Waals surface area contributed by atoms with Crippen LogP contribution in [0, 0.1) is 0 Å². The Morgan fingerprint density at radius 2 is 2.10 bits per heavy atom. The number of nitrogens with one attached hydrogen (secondary N) is 1. The van der Waals surface area contributed by atoms with Crippen molar-refractivity contribution in [3.63, 3.8) is 0 Å². The van der Waals surface area contributed by atoms with Gasteiger partial charge in [-0.3, -0.25) is 4.79 Å². The standard InChI is InChI=1S/C14H18N4OS/c1-8(2)11-7-6-10(12-16-17-14(15-3)20-12)13(19)18(11)9-4-5-9/h6-9H,4-5H2,1-3H3,(H,15,17). The van der Waals surface area contributed by atoms with E-state index in [1.54, 1.807) is 7.05 Å². The molecular weight excluding hydrogens is 272 g/mol. The van der Waals surface area contributed by atoms with Crippen LogP contribution in [0.5, 0.6) is 0 Å². The lowest BCUT2D eigenvalue weighted by Gasteiger charge is -2.15. The average molecular weight is 290 g/mol. The smallest absolute Gasteiger partial charge is 0.261 e. The first-order chi connectivity index (χ1) is 9.61. The van der Waals surface area contributed by atoms with Crippen molar-refractivity contribution in [1.29, 1.82) is 0 Å². The number of nitrogens with zero attached hydrogens (tertiary/aromatic N) is 3. The Bertz CT molecular complexity index is 685. The Kier molecular flexibility index (Phi) is 3.33. The number of hydrogen-bond donors (Lipinski definition) is 1. The zero-order valence-electron chi connectivity index (χ0n) is 11.9. The van der Waals surface area contributed by atoms with Crippen molar-refractivity contribution in [3.05, 3.63) is 28.2 Å². The second kappa shape index (κ2) is 5.01. The first-order valence-corrected chi connectivity index (χ1v) is 7.70. The number of anilines is 1. The van der Waals surface area contributed by atoms with Gasteiger partial charge in [0.15, 0.2) is 5.01 Å². The third kappa shape index (κ3) is 2.24. The lowest BCUT2D eigenvalue weighted by molar-refractivity contribution is 0.627. The van der Waals surface area contributed by atoms with Gasteiger partial charge in [0.05, 0.1) is 5.56 Å². The molecule has 20 heavy (non-hydrogen) atoms. The predicted octanol–water partition coefficient (Wildman–Crippen LogP) is 2.87. The van der Waals surface area contributed by atoms with E-state index in [4.69, 9.17) is 0 Å². The van der Waals surface area contributed by atoms with Crippen molar-refractivity contribution in [3.8, 4) is 10.6 Å². The Morgan fingerprint density at radius 1 is 1.35 bits per heavy atom. The molecule has 1 aliphatic carbocycles. The van der Waals surface area contributed by atoms with Gasteiger partial charge < -0.3 is 9.88 Å². The van der Waals surface area contributed by atoms with Gasteiger partial charge in [-0.05, 0) is 30.9 Å². The predicted molar refractivity (Wildman–Crippen MR) is 81.5 cm³/mol. The summed E-state index contributed by atoms with van der Waals surface area (Å²) < 4.78 is 1.96. The first-order valence-electron chi connectivity index (χ1n) is 6.89. The van der Waals surface area contributed by atoms with Gasteiger partial charge in [-0.25, -0.2) is 0 Å². The zero-order valence-corrected chi connectivity index (χ0v) is 12.7. The van der Waals surface area contributed by atoms with Crippen molar-refractivity contribution in [2.24, 2.45) is 0 Å². The minimum absolute atomic E-state index is 0.0671. The summed E-state index contributed by atoms with van der Waals surface area (Å²) in [6.45, 7) is 4.24. The summed E-state index contributed by atoms with van der Waals surface area (Å²) in [5, 5.41) is 12.5. The van der Waals surface area contributed by atoms with E-state index in [9.17, 15) is 4.79 Å². The minimum atomic E-state index is 0.0671. The summed E-state index contributed by atoms with van der Waals surface area (Å²) in [4.78, 5) is 12.8. The van der Waals surface area contributed by atoms with Crippen LogP contribution in [0.25, 0.3) is 10.6 Å². The maximum atomic E-state index is 12.8. The van der Waals surface area contributed by atoms with Crippen LogP contribution in [0.3, 0.4) is 0 Å². The van der Waals surface area contributed by atoms with Crippen LogP contribution in [0.2, 0.25) is 0 Å². The van der Waals surface area contributed by atoms with E-state index in [-0.39, 0.29) is 5.56 Å². The van der Waals surface area contributed by atoms with Crippen molar-refractivity contribution >= 4 is 16.5 Å². The van der Waals surface area contributed by atoms with Gasteiger partial charge >= 0.3 is 0 Å². The first kappa shape index (κ1) is 13.3. The highest BCUT2D eigenvalue weighted by atomic mass is 32.1. The van der Waals surface area contributed by atoms with Crippen molar-refractivity contribution in [1.82, 2.24) is 14.8 Å². The van der Waals surface area contributed by atoms with E-state index in [0.29, 0.717) is 22.5 Å². The highest BCUT2D eigenvalue weighted by Gasteiger charge is 2.28. The van der Waals surface area contributed by atoms with Crippen LogP contribution in [-0.2, 0) is 0 Å². The second-order valence-corrected chi connectivity index (χ2v) is 6.37. The van der Waals surface area contributed by atoms with Gasteiger partial charge in [-0.15, -0.1) is 10.2 Å². The molecule has 1 fully saturated rings. The van der Waals surface area contributed by atoms with Crippen LogP contribution in [0.4, 0.5) is 5.13 Å². The molecule has 0 aromatic carbocycles. The molecule has 1 saturated carbocycles. The summed E-state index contributed by atoms with van der Waals surface area (Å²) in [6.07, 6.45) is 2.20. The molecular formula is C14H18N4OS. The van der Waals surface area contributed by atoms with Gasteiger partial charge in [0.2, 0.25) is 5.13 Å². The molecule has 2 aromatic heterocycles. The van der Waals surface area contributed by atoms with Crippen LogP contribution in [0.15, 0.2) is 16.9 Å². The third-order valence-corrected chi connectivity index (χ3v) is 4.50. The fourth-order valence-corrected chi connectivity index (χ4v) is 3.06. The molecule has 2 heterocycles. The SMILES string of the molecule is CNc1nnc(-c2ccc(C(C)C)n(C3CC3)c2=O)s1. The number of hydrogen-bond acceptors (Lipinski definition) is 5. The van der Waals surface area contributed by atoms with E-state index in [1.165, 1.54) is 11.3 Å². The normalized spacial score (nSPS) is 14.8. The van der Waals surface area contributed by atoms with Gasteiger partial charge in [0.25, 0.3) is 5.56 Å². The molecule has 3 rings (SSSR count). The Hall–Kier alpha value is -1.69. The molecule has 1 N–H and O–H groups in total. The minimum Gasteiger partial charge on any atom is -0.363 e. The molecule has 1 aliphatic rings. The quantitative estimate of drug-likeness (QED) is 0.940. The molecule has 0 atom stereocenters. The van der Waals surface area contributed by atoms with Gasteiger partial charge in [0, 0.05) is 18.8 Å². The van der Waals surface area contributed by atoms with Crippen LogP contribution >= 0.6 is 11.3 Å². The molecule has 0 amide bonds. The van der Waals surface area contributed by atoms with Crippen LogP contribution < -0.4 is 10.9 Å². The van der Waals surface area contributed by atoms with Crippen molar-refractivity contribution < 1.29 is 0 Å². The molecule has 0 bridgehead atoms. The zero-order chi connectivity index (χ0) is 14.3. The van der Waals surface area contributed by atoms with E-state index in [0.717, 1.165) is 23.7 Å². The van der Waals surface area contributed by atoms with Crippen molar-refractivity contribution in [2.45, 2.75) is 38.6 Å². The maximum Gasteiger partial charge on any atom is 0.261 e. The molecule has 5 nitrogen and oxygen atoms in total. The summed E-state index contributed by atoms with van der Waals surface area (Å²) in [5.74, 6) is 0.347. The molecule has 0 saturated heterocycles. The Balaban J connectivity index is 2.13. The molecule has 6 heteroatoms. The number of pyridine rings is 1. The Labute approximate surface area is 121 Å². The fourth-order valence-electron chi connectivity index (χ4n) is 2.34. The summed E-state index contributed by atoms with van der Waals surface area (Å²) >= 11 is 1.41. The van der Waals surface area contributed by atoms with E-state index >= 15 is 0 Å². The number of aromatic nitrogens is 3. The van der Waals surface area contributed by atoms with E-state index < -0.39 is 0 Å². The molecule has 2 aromatic rings. The molecule has 106 valence electrons. The summed E-state index contributed by atoms with van der Waals surface area (Å²) in [5.41, 5.74) is 1.83. The Morgan fingerprint density at radius 3 is 2.65 bits per heavy atom. The molecule has 0 unspecified atom stereocenters. The van der Waals surface area contributed by atoms with Gasteiger partial charge in [0.1, 0.15) is 0 Å². The highest BCUT2D eigenvalue weighted by molar-refractivity contribution is 7.18. The number of rotatable bonds is 4. The summed E-state index contributed by atoms with van der Waals surface area (Å²) in [7, 11) is 1.80. The lowest BCUT2D eigenvalue weighted by Crippen LogP contribution is -2.24. The van der Waals surface area contributed by atoms with Crippen LogP contribution in [-0.4, -0.2) is 21.8 Å². The maximum absolute atomic E-state index is 12.8. The molecule has 0 aliphatic heterocycles.